The van der Waals surface area contributed by atoms with Gasteiger partial charge in [-0.05, 0) is 19.1 Å². The third kappa shape index (κ3) is 2.69. The zero-order valence-electron chi connectivity index (χ0n) is 11.7. The van der Waals surface area contributed by atoms with E-state index in [1.807, 2.05) is 12.1 Å². The molecule has 1 aromatic heterocycles. The molecule has 0 aliphatic carbocycles. The lowest BCUT2D eigenvalue weighted by atomic mass is 10.1. The Bertz CT molecular complexity index is 662. The molecule has 1 aromatic carbocycles. The largest absolute Gasteiger partial charge is 0.384 e. The number of aliphatic hydroxyl groups is 1. The number of nitrogens with one attached hydrogen (secondary N) is 1. The lowest BCUT2D eigenvalue weighted by Crippen LogP contribution is -2.51. The maximum Gasteiger partial charge on any atom is 0.251 e. The van der Waals surface area contributed by atoms with E-state index in [4.69, 9.17) is 11.6 Å². The highest BCUT2D eigenvalue weighted by atomic mass is 35.5. The molecule has 1 aliphatic rings. The number of aliphatic hydroxyl groups excluding tert-OH is 1. The molecule has 0 saturated carbocycles. The predicted octanol–water partition coefficient (Wildman–Crippen LogP) is 1.25. The van der Waals surface area contributed by atoms with Gasteiger partial charge in [0.1, 0.15) is 6.10 Å². The molecule has 0 bridgehead atoms. The van der Waals surface area contributed by atoms with Crippen LogP contribution < -0.4 is 4.90 Å². The van der Waals surface area contributed by atoms with Crippen LogP contribution in [-0.4, -0.2) is 58.4 Å². The summed E-state index contributed by atoms with van der Waals surface area (Å²) in [6.07, 6.45) is 0.845. The molecule has 7 heteroatoms. The molecule has 1 fully saturated rings. The predicted molar refractivity (Wildman–Crippen MR) is 81.6 cm³/mol. The van der Waals surface area contributed by atoms with Crippen molar-refractivity contribution in [1.29, 1.82) is 0 Å². The van der Waals surface area contributed by atoms with Gasteiger partial charge in [0.15, 0.2) is 0 Å². The quantitative estimate of drug-likeness (QED) is 0.876. The number of hydrogen-bond donors (Lipinski definition) is 2. The second-order valence-electron chi connectivity index (χ2n) is 5.24. The Morgan fingerprint density at radius 3 is 2.76 bits per heavy atom. The molecule has 2 heterocycles. The van der Waals surface area contributed by atoms with Gasteiger partial charge in [0.25, 0.3) is 5.91 Å². The molecule has 0 radical (unpaired) electrons. The Balaban J connectivity index is 1.80. The first-order chi connectivity index (χ1) is 10.1. The third-order valence-corrected chi connectivity index (χ3v) is 4.01. The molecule has 1 unspecified atom stereocenters. The smallest absolute Gasteiger partial charge is 0.251 e. The van der Waals surface area contributed by atoms with Crippen molar-refractivity contribution in [3.8, 4) is 0 Å². The summed E-state index contributed by atoms with van der Waals surface area (Å²) in [4.78, 5) is 15.7. The number of halogens is 1. The summed E-state index contributed by atoms with van der Waals surface area (Å²) in [5, 5.41) is 18.0. The van der Waals surface area contributed by atoms with E-state index in [-0.39, 0.29) is 5.91 Å². The van der Waals surface area contributed by atoms with Crippen LogP contribution in [0.25, 0.3) is 10.9 Å². The van der Waals surface area contributed by atoms with Crippen molar-refractivity contribution < 1.29 is 9.90 Å². The second-order valence-corrected chi connectivity index (χ2v) is 5.68. The summed E-state index contributed by atoms with van der Waals surface area (Å²) in [6.45, 7) is 4.10. The topological polar surface area (TPSA) is 72.5 Å². The lowest BCUT2D eigenvalue weighted by Gasteiger charge is -2.36. The first-order valence-corrected chi connectivity index (χ1v) is 7.28. The highest BCUT2D eigenvalue weighted by Gasteiger charge is 2.24. The molecule has 112 valence electrons. The molecule has 0 spiro atoms. The SMILES string of the molecule is CC(O)C(=O)N1CCN(c2cc(Cl)cc3[nH]ncc23)CC1. The van der Waals surface area contributed by atoms with Crippen molar-refractivity contribution in [1.82, 2.24) is 15.1 Å². The van der Waals surface area contributed by atoms with Crippen molar-refractivity contribution in [3.63, 3.8) is 0 Å². The summed E-state index contributed by atoms with van der Waals surface area (Å²) in [5.41, 5.74) is 1.93. The van der Waals surface area contributed by atoms with E-state index in [1.54, 1.807) is 11.1 Å². The summed E-state index contributed by atoms with van der Waals surface area (Å²) < 4.78 is 0. The van der Waals surface area contributed by atoms with Gasteiger partial charge in [-0.2, -0.15) is 5.10 Å². The first-order valence-electron chi connectivity index (χ1n) is 6.90. The number of piperazine rings is 1. The summed E-state index contributed by atoms with van der Waals surface area (Å²) in [7, 11) is 0. The number of H-pyrrole nitrogens is 1. The molecular weight excluding hydrogens is 292 g/mol. The Hall–Kier alpha value is -1.79. The van der Waals surface area contributed by atoms with Crippen molar-refractivity contribution in [3.05, 3.63) is 23.4 Å². The van der Waals surface area contributed by atoms with Gasteiger partial charge in [-0.1, -0.05) is 11.6 Å². The first kappa shape index (κ1) is 14.2. The van der Waals surface area contributed by atoms with E-state index in [9.17, 15) is 9.90 Å². The number of amides is 1. The van der Waals surface area contributed by atoms with Crippen LogP contribution in [0.15, 0.2) is 18.3 Å². The Kier molecular flexibility index (Phi) is 3.73. The van der Waals surface area contributed by atoms with Crippen LogP contribution >= 0.6 is 11.6 Å². The molecule has 2 N–H and O–H groups in total. The van der Waals surface area contributed by atoms with Gasteiger partial charge in [0, 0.05) is 42.3 Å². The van der Waals surface area contributed by atoms with E-state index in [0.717, 1.165) is 16.6 Å². The van der Waals surface area contributed by atoms with E-state index >= 15 is 0 Å². The van der Waals surface area contributed by atoms with Crippen molar-refractivity contribution >= 4 is 34.1 Å². The van der Waals surface area contributed by atoms with Crippen molar-refractivity contribution in [2.24, 2.45) is 0 Å². The number of nitrogens with zero attached hydrogens (tertiary/aromatic N) is 3. The summed E-state index contributed by atoms with van der Waals surface area (Å²) >= 11 is 6.15. The molecule has 21 heavy (non-hydrogen) atoms. The van der Waals surface area contributed by atoms with Gasteiger partial charge in [-0.15, -0.1) is 0 Å². The zero-order chi connectivity index (χ0) is 15.0. The second kappa shape index (κ2) is 5.54. The van der Waals surface area contributed by atoms with E-state index < -0.39 is 6.10 Å². The number of anilines is 1. The van der Waals surface area contributed by atoms with Gasteiger partial charge < -0.3 is 14.9 Å². The van der Waals surface area contributed by atoms with Crippen LogP contribution in [0.3, 0.4) is 0 Å². The zero-order valence-corrected chi connectivity index (χ0v) is 12.5. The average molecular weight is 309 g/mol. The van der Waals surface area contributed by atoms with Crippen LogP contribution in [0.5, 0.6) is 0 Å². The standard InChI is InChI=1S/C14H17ClN4O2/c1-9(20)14(21)19-4-2-18(3-5-19)13-7-10(15)6-12-11(13)8-16-17-12/h6-9,20H,2-5H2,1H3,(H,16,17). The van der Waals surface area contributed by atoms with E-state index in [1.165, 1.54) is 6.92 Å². The molecule has 1 aliphatic heterocycles. The minimum Gasteiger partial charge on any atom is -0.384 e. The number of rotatable bonds is 2. The summed E-state index contributed by atoms with van der Waals surface area (Å²) in [6, 6.07) is 3.77. The normalized spacial score (nSPS) is 17.3. The molecule has 1 atom stereocenters. The van der Waals surface area contributed by atoms with E-state index in [0.29, 0.717) is 31.2 Å². The highest BCUT2D eigenvalue weighted by molar-refractivity contribution is 6.31. The van der Waals surface area contributed by atoms with Crippen molar-refractivity contribution in [2.45, 2.75) is 13.0 Å². The Labute approximate surface area is 127 Å². The van der Waals surface area contributed by atoms with Gasteiger partial charge in [0.2, 0.25) is 0 Å². The minimum absolute atomic E-state index is 0.214. The van der Waals surface area contributed by atoms with Crippen LogP contribution in [-0.2, 0) is 4.79 Å². The monoisotopic (exact) mass is 308 g/mol. The Morgan fingerprint density at radius 1 is 1.38 bits per heavy atom. The fourth-order valence-electron chi connectivity index (χ4n) is 2.69. The average Bonchev–Trinajstić information content (AvgIpc) is 2.93. The number of aromatic nitrogens is 2. The molecule has 1 amide bonds. The highest BCUT2D eigenvalue weighted by Crippen LogP contribution is 2.30. The maximum absolute atomic E-state index is 11.8. The number of aromatic amines is 1. The third-order valence-electron chi connectivity index (χ3n) is 3.79. The van der Waals surface area contributed by atoms with Crippen LogP contribution in [0.1, 0.15) is 6.92 Å². The van der Waals surface area contributed by atoms with Gasteiger partial charge >= 0.3 is 0 Å². The number of fused-ring (bicyclic) bond motifs is 1. The number of hydrogen-bond acceptors (Lipinski definition) is 4. The minimum atomic E-state index is -0.941. The molecule has 2 aromatic rings. The van der Waals surface area contributed by atoms with E-state index in [2.05, 4.69) is 15.1 Å². The number of carbonyl (C=O) groups is 1. The molecular formula is C14H17ClN4O2. The van der Waals surface area contributed by atoms with Gasteiger partial charge in [-0.3, -0.25) is 9.89 Å². The van der Waals surface area contributed by atoms with Crippen LogP contribution in [0.2, 0.25) is 5.02 Å². The number of benzene rings is 1. The van der Waals surface area contributed by atoms with Crippen LogP contribution in [0.4, 0.5) is 5.69 Å². The van der Waals surface area contributed by atoms with Crippen LogP contribution in [0, 0.1) is 0 Å². The van der Waals surface area contributed by atoms with Gasteiger partial charge in [-0.25, -0.2) is 0 Å². The molecule has 1 saturated heterocycles. The fourth-order valence-corrected chi connectivity index (χ4v) is 2.90. The fraction of sp³-hybridized carbons (Fsp3) is 0.429. The lowest BCUT2D eigenvalue weighted by molar-refractivity contribution is -0.139. The number of carbonyl (C=O) groups excluding carboxylic acids is 1. The van der Waals surface area contributed by atoms with Gasteiger partial charge in [0.05, 0.1) is 11.7 Å². The maximum atomic E-state index is 11.8. The molecule has 3 rings (SSSR count). The molecule has 6 nitrogen and oxygen atoms in total. The Morgan fingerprint density at radius 2 is 2.10 bits per heavy atom. The van der Waals surface area contributed by atoms with Crippen molar-refractivity contribution in [2.75, 3.05) is 31.1 Å². The summed E-state index contributed by atoms with van der Waals surface area (Å²) in [5.74, 6) is -0.214.